The van der Waals surface area contributed by atoms with Gasteiger partial charge in [0.1, 0.15) is 0 Å². The van der Waals surface area contributed by atoms with Crippen LogP contribution in [-0.4, -0.2) is 20.8 Å². The third-order valence-corrected chi connectivity index (χ3v) is 2.98. The van der Waals surface area contributed by atoms with Gasteiger partial charge in [0.2, 0.25) is 0 Å². The first kappa shape index (κ1) is 13.1. The van der Waals surface area contributed by atoms with E-state index < -0.39 is 6.10 Å². The second-order valence-corrected chi connectivity index (χ2v) is 4.70. The molecule has 1 aromatic heterocycles. The lowest BCUT2D eigenvalue weighted by atomic mass is 10.2. The molecule has 1 atom stereocenters. The SMILES string of the molecule is OC(/C=C/c1ccc(Cl)cc1Cl)Cn1ccnc1. The van der Waals surface area contributed by atoms with E-state index >= 15 is 0 Å². The molecule has 0 amide bonds. The van der Waals surface area contributed by atoms with E-state index in [1.165, 1.54) is 0 Å². The summed E-state index contributed by atoms with van der Waals surface area (Å²) in [5.41, 5.74) is 0.825. The van der Waals surface area contributed by atoms with Crippen LogP contribution >= 0.6 is 23.2 Å². The van der Waals surface area contributed by atoms with Crippen molar-refractivity contribution < 1.29 is 5.11 Å². The molecule has 0 saturated carbocycles. The van der Waals surface area contributed by atoms with E-state index in [0.717, 1.165) is 5.56 Å². The maximum atomic E-state index is 9.82. The minimum atomic E-state index is -0.592. The number of rotatable bonds is 4. The second kappa shape index (κ2) is 6.05. The highest BCUT2D eigenvalue weighted by Gasteiger charge is 2.01. The summed E-state index contributed by atoms with van der Waals surface area (Å²) in [5.74, 6) is 0. The Labute approximate surface area is 115 Å². The fourth-order valence-electron chi connectivity index (χ4n) is 1.52. The summed E-state index contributed by atoms with van der Waals surface area (Å²) in [6, 6.07) is 5.24. The topological polar surface area (TPSA) is 38.0 Å². The van der Waals surface area contributed by atoms with E-state index in [1.807, 2.05) is 6.07 Å². The van der Waals surface area contributed by atoms with Crippen molar-refractivity contribution in [2.24, 2.45) is 0 Å². The Morgan fingerprint density at radius 2 is 2.22 bits per heavy atom. The van der Waals surface area contributed by atoms with E-state index in [2.05, 4.69) is 4.98 Å². The summed E-state index contributed by atoms with van der Waals surface area (Å²) in [5, 5.41) is 11.0. The van der Waals surface area contributed by atoms with Crippen LogP contribution in [0.3, 0.4) is 0 Å². The van der Waals surface area contributed by atoms with Crippen molar-refractivity contribution in [1.29, 1.82) is 0 Å². The highest BCUT2D eigenvalue weighted by Crippen LogP contribution is 2.22. The highest BCUT2D eigenvalue weighted by molar-refractivity contribution is 6.35. The summed E-state index contributed by atoms with van der Waals surface area (Å²) in [6.45, 7) is 0.460. The van der Waals surface area contributed by atoms with Gasteiger partial charge < -0.3 is 9.67 Å². The van der Waals surface area contributed by atoms with Gasteiger partial charge in [0.05, 0.1) is 19.0 Å². The minimum Gasteiger partial charge on any atom is -0.387 e. The predicted molar refractivity (Wildman–Crippen MR) is 73.7 cm³/mol. The Kier molecular flexibility index (Phi) is 4.42. The minimum absolute atomic E-state index is 0.460. The van der Waals surface area contributed by atoms with Gasteiger partial charge in [-0.25, -0.2) is 4.98 Å². The lowest BCUT2D eigenvalue weighted by molar-refractivity contribution is 0.202. The molecule has 1 N–H and O–H groups in total. The molecule has 2 rings (SSSR count). The average Bonchev–Trinajstić information content (AvgIpc) is 2.80. The number of halogens is 2. The molecule has 18 heavy (non-hydrogen) atoms. The molecular weight excluding hydrogens is 271 g/mol. The van der Waals surface area contributed by atoms with Crippen LogP contribution in [0.5, 0.6) is 0 Å². The van der Waals surface area contributed by atoms with Gasteiger partial charge in [-0.05, 0) is 17.7 Å². The van der Waals surface area contributed by atoms with Crippen LogP contribution < -0.4 is 0 Å². The third kappa shape index (κ3) is 3.60. The molecule has 1 aromatic carbocycles. The van der Waals surface area contributed by atoms with Crippen LogP contribution in [0, 0.1) is 0 Å². The first-order valence-corrected chi connectivity index (χ1v) is 6.18. The van der Waals surface area contributed by atoms with Gasteiger partial charge in [-0.1, -0.05) is 41.4 Å². The maximum Gasteiger partial charge on any atom is 0.0946 e. The molecule has 0 aliphatic rings. The molecule has 0 saturated heterocycles. The van der Waals surface area contributed by atoms with Gasteiger partial charge in [-0.3, -0.25) is 0 Å². The molecule has 94 valence electrons. The summed E-state index contributed by atoms with van der Waals surface area (Å²) >= 11 is 11.8. The number of benzene rings is 1. The predicted octanol–water partition coefficient (Wildman–Crippen LogP) is 3.26. The first-order valence-electron chi connectivity index (χ1n) is 5.42. The van der Waals surface area contributed by atoms with Crippen LogP contribution in [0.15, 0.2) is 43.0 Å². The van der Waals surface area contributed by atoms with Crippen molar-refractivity contribution in [2.45, 2.75) is 12.6 Å². The fourth-order valence-corrected chi connectivity index (χ4v) is 1.99. The molecule has 0 fully saturated rings. The average molecular weight is 283 g/mol. The summed E-state index contributed by atoms with van der Waals surface area (Å²) < 4.78 is 1.80. The quantitative estimate of drug-likeness (QED) is 0.935. The zero-order chi connectivity index (χ0) is 13.0. The fraction of sp³-hybridized carbons (Fsp3) is 0.154. The van der Waals surface area contributed by atoms with Gasteiger partial charge in [-0.2, -0.15) is 0 Å². The van der Waals surface area contributed by atoms with Gasteiger partial charge in [0, 0.05) is 22.4 Å². The van der Waals surface area contributed by atoms with E-state index in [4.69, 9.17) is 23.2 Å². The van der Waals surface area contributed by atoms with Crippen LogP contribution in [0.4, 0.5) is 0 Å². The third-order valence-electron chi connectivity index (χ3n) is 2.42. The Bertz CT molecular complexity index is 538. The van der Waals surface area contributed by atoms with Crippen molar-refractivity contribution in [3.8, 4) is 0 Å². The lowest BCUT2D eigenvalue weighted by Gasteiger charge is -2.06. The first-order chi connectivity index (χ1) is 8.65. The number of imidazole rings is 1. The molecule has 3 nitrogen and oxygen atoms in total. The molecule has 0 radical (unpaired) electrons. The van der Waals surface area contributed by atoms with Gasteiger partial charge in [-0.15, -0.1) is 0 Å². The summed E-state index contributed by atoms with van der Waals surface area (Å²) in [6.07, 6.45) is 8.01. The molecule has 0 bridgehead atoms. The molecule has 5 heteroatoms. The zero-order valence-electron chi connectivity index (χ0n) is 9.50. The number of aromatic nitrogens is 2. The Hall–Kier alpha value is -1.29. The monoisotopic (exact) mass is 282 g/mol. The molecule has 0 spiro atoms. The molecule has 1 unspecified atom stereocenters. The standard InChI is InChI=1S/C13H12Cl2N2O/c14-11-3-1-10(13(15)7-11)2-4-12(18)8-17-6-5-16-9-17/h1-7,9,12,18H,8H2/b4-2+. The Morgan fingerprint density at radius 3 is 2.89 bits per heavy atom. The molecule has 1 heterocycles. The van der Waals surface area contributed by atoms with Gasteiger partial charge >= 0.3 is 0 Å². The Morgan fingerprint density at radius 1 is 1.39 bits per heavy atom. The molecule has 2 aromatic rings. The van der Waals surface area contributed by atoms with E-state index in [1.54, 1.807) is 47.6 Å². The van der Waals surface area contributed by atoms with Crippen LogP contribution in [0.1, 0.15) is 5.56 Å². The highest BCUT2D eigenvalue weighted by atomic mass is 35.5. The molecule has 0 aliphatic heterocycles. The number of nitrogens with zero attached hydrogens (tertiary/aromatic N) is 2. The number of aliphatic hydroxyl groups is 1. The van der Waals surface area contributed by atoms with Crippen LogP contribution in [-0.2, 0) is 6.54 Å². The smallest absolute Gasteiger partial charge is 0.0946 e. The lowest BCUT2D eigenvalue weighted by Crippen LogP contribution is -2.11. The maximum absolute atomic E-state index is 9.82. The van der Waals surface area contributed by atoms with Crippen molar-refractivity contribution in [3.05, 3.63) is 58.6 Å². The van der Waals surface area contributed by atoms with E-state index in [0.29, 0.717) is 16.6 Å². The van der Waals surface area contributed by atoms with Gasteiger partial charge in [0.15, 0.2) is 0 Å². The number of aliphatic hydroxyl groups excluding tert-OH is 1. The molecular formula is C13H12Cl2N2O. The van der Waals surface area contributed by atoms with E-state index in [-0.39, 0.29) is 0 Å². The van der Waals surface area contributed by atoms with Crippen LogP contribution in [0.2, 0.25) is 10.0 Å². The Balaban J connectivity index is 2.01. The van der Waals surface area contributed by atoms with E-state index in [9.17, 15) is 5.11 Å². The van der Waals surface area contributed by atoms with Crippen molar-refractivity contribution >= 4 is 29.3 Å². The van der Waals surface area contributed by atoms with Crippen LogP contribution in [0.25, 0.3) is 6.08 Å². The van der Waals surface area contributed by atoms with Gasteiger partial charge in [0.25, 0.3) is 0 Å². The zero-order valence-corrected chi connectivity index (χ0v) is 11.0. The summed E-state index contributed by atoms with van der Waals surface area (Å²) in [7, 11) is 0. The van der Waals surface area contributed by atoms with Crippen molar-refractivity contribution in [3.63, 3.8) is 0 Å². The number of hydrogen-bond acceptors (Lipinski definition) is 2. The number of hydrogen-bond donors (Lipinski definition) is 1. The van der Waals surface area contributed by atoms with Crippen molar-refractivity contribution in [2.75, 3.05) is 0 Å². The summed E-state index contributed by atoms with van der Waals surface area (Å²) in [4.78, 5) is 3.91. The second-order valence-electron chi connectivity index (χ2n) is 3.85. The van der Waals surface area contributed by atoms with Crippen molar-refractivity contribution in [1.82, 2.24) is 9.55 Å². The molecule has 0 aliphatic carbocycles. The largest absolute Gasteiger partial charge is 0.387 e. The normalized spacial score (nSPS) is 13.1.